The Balaban J connectivity index is 1.56. The van der Waals surface area contributed by atoms with E-state index in [9.17, 15) is 8.78 Å². The van der Waals surface area contributed by atoms with Crippen molar-refractivity contribution in [2.45, 2.75) is 6.04 Å². The van der Waals surface area contributed by atoms with E-state index in [4.69, 9.17) is 15.5 Å². The maximum absolute atomic E-state index is 15.4. The zero-order chi connectivity index (χ0) is 26.2. The van der Waals surface area contributed by atoms with Crippen molar-refractivity contribution in [2.75, 3.05) is 0 Å². The molecule has 186 valence electrons. The second kappa shape index (κ2) is 9.40. The molecule has 0 amide bonds. The van der Waals surface area contributed by atoms with Crippen molar-refractivity contribution in [3.63, 3.8) is 0 Å². The molecule has 0 saturated heterocycles. The SMILES string of the molecule is NC(=NC1c2cc(-c3cccnc3F)ccc2Oc2c1cc(-c1ccnc(F)c1)nc2F)c1ccncc1. The Labute approximate surface area is 214 Å². The van der Waals surface area contributed by atoms with E-state index >= 15 is 4.39 Å². The van der Waals surface area contributed by atoms with E-state index in [1.807, 2.05) is 0 Å². The molecule has 0 bridgehead atoms. The molecule has 6 rings (SSSR count). The minimum absolute atomic E-state index is 0.132. The van der Waals surface area contributed by atoms with Gasteiger partial charge in [-0.25, -0.2) is 15.0 Å². The molecule has 0 aliphatic carbocycles. The van der Waals surface area contributed by atoms with Crippen LogP contribution in [-0.4, -0.2) is 25.8 Å². The van der Waals surface area contributed by atoms with Crippen LogP contribution in [0.3, 0.4) is 0 Å². The van der Waals surface area contributed by atoms with Gasteiger partial charge in [0.25, 0.3) is 5.95 Å². The number of nitrogens with two attached hydrogens (primary N) is 1. The van der Waals surface area contributed by atoms with Gasteiger partial charge in [-0.3, -0.25) is 9.98 Å². The number of fused-ring (bicyclic) bond motifs is 2. The number of nitrogens with zero attached hydrogens (tertiary/aromatic N) is 5. The molecule has 1 aliphatic rings. The van der Waals surface area contributed by atoms with Gasteiger partial charge >= 0.3 is 0 Å². The largest absolute Gasteiger partial charge is 0.452 e. The molecule has 4 aromatic heterocycles. The van der Waals surface area contributed by atoms with Crippen LogP contribution in [0.2, 0.25) is 0 Å². The van der Waals surface area contributed by atoms with Gasteiger partial charge in [-0.05, 0) is 54.1 Å². The fraction of sp³-hybridized carbons (Fsp3) is 0.0357. The van der Waals surface area contributed by atoms with Gasteiger partial charge in [-0.15, -0.1) is 0 Å². The van der Waals surface area contributed by atoms with Gasteiger partial charge in [0, 0.05) is 58.7 Å². The lowest BCUT2D eigenvalue weighted by molar-refractivity contribution is 0.402. The molecular formula is C28H17F3N6O. The number of benzene rings is 1. The van der Waals surface area contributed by atoms with Crippen LogP contribution in [0.25, 0.3) is 22.4 Å². The van der Waals surface area contributed by atoms with Crippen LogP contribution in [0, 0.1) is 17.8 Å². The van der Waals surface area contributed by atoms with Crippen LogP contribution in [-0.2, 0) is 0 Å². The first kappa shape index (κ1) is 23.3. The molecule has 0 radical (unpaired) electrons. The number of hydrogen-bond donors (Lipinski definition) is 1. The van der Waals surface area contributed by atoms with Gasteiger partial charge in [0.2, 0.25) is 11.9 Å². The topological polar surface area (TPSA) is 99.2 Å². The Hall–Kier alpha value is -5.12. The fourth-order valence-electron chi connectivity index (χ4n) is 4.31. The van der Waals surface area contributed by atoms with Gasteiger partial charge in [-0.1, -0.05) is 6.07 Å². The van der Waals surface area contributed by atoms with Crippen molar-refractivity contribution in [3.05, 3.63) is 120 Å². The average Bonchev–Trinajstić information content (AvgIpc) is 2.94. The lowest BCUT2D eigenvalue weighted by Gasteiger charge is -2.27. The number of aromatic nitrogens is 4. The first-order chi connectivity index (χ1) is 18.5. The maximum Gasteiger partial charge on any atom is 0.256 e. The summed E-state index contributed by atoms with van der Waals surface area (Å²) in [5.74, 6) is -1.92. The molecule has 1 atom stereocenters. The number of rotatable bonds is 4. The number of pyridine rings is 4. The van der Waals surface area contributed by atoms with Gasteiger partial charge in [0.15, 0.2) is 5.75 Å². The summed E-state index contributed by atoms with van der Waals surface area (Å²) in [6.45, 7) is 0. The Bertz CT molecular complexity index is 1710. The highest BCUT2D eigenvalue weighted by molar-refractivity contribution is 5.97. The second-order valence-corrected chi connectivity index (χ2v) is 8.43. The van der Waals surface area contributed by atoms with E-state index in [1.165, 1.54) is 18.5 Å². The normalized spacial score (nSPS) is 14.4. The standard InChI is InChI=1S/C28H17F3N6O/c29-23-13-17(7-11-34-23)21-14-20-24(37-28(32)15-5-9-33-10-6-15)19-12-16(18-2-1-8-35-26(18)30)3-4-22(19)38-25(20)27(31)36-21/h1-14,24H,(H2,32,37). The van der Waals surface area contributed by atoms with Crippen molar-refractivity contribution >= 4 is 5.84 Å². The van der Waals surface area contributed by atoms with Gasteiger partial charge in [-0.2, -0.15) is 13.2 Å². The molecule has 2 N–H and O–H groups in total. The zero-order valence-corrected chi connectivity index (χ0v) is 19.5. The van der Waals surface area contributed by atoms with Crippen LogP contribution in [0.4, 0.5) is 13.2 Å². The van der Waals surface area contributed by atoms with Crippen LogP contribution < -0.4 is 10.5 Å². The van der Waals surface area contributed by atoms with E-state index in [0.717, 1.165) is 6.07 Å². The van der Waals surface area contributed by atoms with E-state index in [-0.39, 0.29) is 22.8 Å². The smallest absolute Gasteiger partial charge is 0.256 e. The molecular weight excluding hydrogens is 493 g/mol. The third kappa shape index (κ3) is 4.21. The number of amidine groups is 1. The predicted octanol–water partition coefficient (Wildman–Crippen LogP) is 5.62. The minimum atomic E-state index is -0.898. The number of hydrogen-bond acceptors (Lipinski definition) is 6. The zero-order valence-electron chi connectivity index (χ0n) is 19.5. The summed E-state index contributed by atoms with van der Waals surface area (Å²) < 4.78 is 49.6. The van der Waals surface area contributed by atoms with Crippen LogP contribution in [0.1, 0.15) is 22.7 Å². The molecule has 7 nitrogen and oxygen atoms in total. The molecule has 1 aliphatic heterocycles. The average molecular weight is 510 g/mol. The molecule has 1 aromatic carbocycles. The first-order valence-electron chi connectivity index (χ1n) is 11.5. The first-order valence-corrected chi connectivity index (χ1v) is 11.5. The monoisotopic (exact) mass is 510 g/mol. The van der Waals surface area contributed by atoms with E-state index < -0.39 is 23.9 Å². The molecule has 1 unspecified atom stereocenters. The summed E-state index contributed by atoms with van der Waals surface area (Å²) in [5, 5.41) is 0. The Kier molecular flexibility index (Phi) is 5.76. The summed E-state index contributed by atoms with van der Waals surface area (Å²) in [4.78, 5) is 20.0. The summed E-state index contributed by atoms with van der Waals surface area (Å²) in [5.41, 5.74) is 9.09. The van der Waals surface area contributed by atoms with E-state index in [1.54, 1.807) is 60.9 Å². The lowest BCUT2D eigenvalue weighted by atomic mass is 9.91. The van der Waals surface area contributed by atoms with Crippen molar-refractivity contribution in [1.82, 2.24) is 19.9 Å². The fourth-order valence-corrected chi connectivity index (χ4v) is 4.31. The summed E-state index contributed by atoms with van der Waals surface area (Å²) in [6.07, 6.45) is 5.78. The van der Waals surface area contributed by atoms with Crippen molar-refractivity contribution in [1.29, 1.82) is 0 Å². The molecule has 5 heterocycles. The second-order valence-electron chi connectivity index (χ2n) is 8.43. The lowest BCUT2D eigenvalue weighted by Crippen LogP contribution is -2.18. The molecule has 38 heavy (non-hydrogen) atoms. The summed E-state index contributed by atoms with van der Waals surface area (Å²) in [6, 6.07) is 15.0. The molecule has 0 saturated carbocycles. The summed E-state index contributed by atoms with van der Waals surface area (Å²) >= 11 is 0. The van der Waals surface area contributed by atoms with E-state index in [0.29, 0.717) is 33.6 Å². The quantitative estimate of drug-likeness (QED) is 0.191. The predicted molar refractivity (Wildman–Crippen MR) is 134 cm³/mol. The molecule has 10 heteroatoms. The molecule has 0 fully saturated rings. The van der Waals surface area contributed by atoms with Crippen molar-refractivity contribution in [3.8, 4) is 33.9 Å². The highest BCUT2D eigenvalue weighted by atomic mass is 19.1. The van der Waals surface area contributed by atoms with Crippen LogP contribution in [0.15, 0.2) is 90.4 Å². The minimum Gasteiger partial charge on any atom is -0.452 e. The van der Waals surface area contributed by atoms with Crippen molar-refractivity contribution < 1.29 is 17.9 Å². The third-order valence-electron chi connectivity index (χ3n) is 6.11. The highest BCUT2D eigenvalue weighted by Gasteiger charge is 2.32. The maximum atomic E-state index is 15.4. The number of halogens is 3. The number of ether oxygens (including phenoxy) is 1. The Morgan fingerprint density at radius 3 is 2.45 bits per heavy atom. The van der Waals surface area contributed by atoms with Crippen LogP contribution >= 0.6 is 0 Å². The van der Waals surface area contributed by atoms with Gasteiger partial charge in [0.05, 0.1) is 5.69 Å². The number of aliphatic imine (C=N–C) groups is 1. The highest BCUT2D eigenvalue weighted by Crippen LogP contribution is 2.48. The van der Waals surface area contributed by atoms with E-state index in [2.05, 4.69) is 19.9 Å². The third-order valence-corrected chi connectivity index (χ3v) is 6.11. The molecule has 0 spiro atoms. The van der Waals surface area contributed by atoms with Crippen molar-refractivity contribution in [2.24, 2.45) is 10.7 Å². The van der Waals surface area contributed by atoms with Gasteiger partial charge in [0.1, 0.15) is 17.6 Å². The Morgan fingerprint density at radius 2 is 1.66 bits per heavy atom. The molecule has 5 aromatic rings. The van der Waals surface area contributed by atoms with Crippen LogP contribution in [0.5, 0.6) is 11.5 Å². The van der Waals surface area contributed by atoms with Gasteiger partial charge < -0.3 is 10.5 Å². The summed E-state index contributed by atoms with van der Waals surface area (Å²) in [7, 11) is 0. The Morgan fingerprint density at radius 1 is 0.816 bits per heavy atom.